The molecule has 1 saturated heterocycles. The third-order valence-corrected chi connectivity index (χ3v) is 4.83. The number of hydrogen-bond donors (Lipinski definition) is 1. The van der Waals surface area contributed by atoms with E-state index in [-0.39, 0.29) is 17.4 Å². The van der Waals surface area contributed by atoms with E-state index in [4.69, 9.17) is 0 Å². The predicted octanol–water partition coefficient (Wildman–Crippen LogP) is 3.17. The van der Waals surface area contributed by atoms with Crippen molar-refractivity contribution in [3.05, 3.63) is 35.4 Å². The lowest BCUT2D eigenvalue weighted by Gasteiger charge is -2.39. The van der Waals surface area contributed by atoms with Gasteiger partial charge in [0.1, 0.15) is 0 Å². The Bertz CT molecular complexity index is 534. The van der Waals surface area contributed by atoms with E-state index in [0.29, 0.717) is 19.4 Å². The average Bonchev–Trinajstić information content (AvgIpc) is 2.52. The first-order valence-corrected chi connectivity index (χ1v) is 9.06. The van der Waals surface area contributed by atoms with E-state index in [1.54, 1.807) is 0 Å². The van der Waals surface area contributed by atoms with Gasteiger partial charge in [-0.05, 0) is 37.2 Å². The fourth-order valence-corrected chi connectivity index (χ4v) is 3.01. The first-order chi connectivity index (χ1) is 11.3. The molecule has 1 N–H and O–H groups in total. The summed E-state index contributed by atoms with van der Waals surface area (Å²) in [7, 11) is 0. The molecule has 0 aliphatic carbocycles. The zero-order valence-corrected chi connectivity index (χ0v) is 15.6. The van der Waals surface area contributed by atoms with Crippen molar-refractivity contribution in [3.8, 4) is 0 Å². The quantitative estimate of drug-likeness (QED) is 0.870. The van der Waals surface area contributed by atoms with Crippen LogP contribution in [0.3, 0.4) is 0 Å². The molecule has 1 heterocycles. The number of nitrogens with zero attached hydrogens (tertiary/aromatic N) is 2. The van der Waals surface area contributed by atoms with Crippen molar-refractivity contribution in [3.63, 3.8) is 0 Å². The molecule has 1 aromatic carbocycles. The molecule has 134 valence electrons. The van der Waals surface area contributed by atoms with Crippen molar-refractivity contribution in [1.82, 2.24) is 10.0 Å². The number of aryl methyl sites for hydroxylation is 1. The third kappa shape index (κ3) is 5.32. The van der Waals surface area contributed by atoms with Gasteiger partial charge >= 0.3 is 0 Å². The molecule has 4 nitrogen and oxygen atoms in total. The van der Waals surface area contributed by atoms with Gasteiger partial charge in [0.05, 0.1) is 6.10 Å². The van der Waals surface area contributed by atoms with Crippen LogP contribution in [0.15, 0.2) is 24.3 Å². The molecule has 0 bridgehead atoms. The first kappa shape index (κ1) is 18.9. The fourth-order valence-electron chi connectivity index (χ4n) is 3.01. The number of carbonyl (C=O) groups is 1. The van der Waals surface area contributed by atoms with Crippen LogP contribution in [0.1, 0.15) is 51.2 Å². The Balaban J connectivity index is 1.93. The summed E-state index contributed by atoms with van der Waals surface area (Å²) in [4.78, 5) is 12.3. The van der Waals surface area contributed by atoms with Gasteiger partial charge < -0.3 is 5.11 Å². The molecule has 0 radical (unpaired) electrons. The van der Waals surface area contributed by atoms with E-state index in [0.717, 1.165) is 25.9 Å². The number of hydrogen-bond acceptors (Lipinski definition) is 3. The van der Waals surface area contributed by atoms with Crippen molar-refractivity contribution in [1.29, 1.82) is 0 Å². The van der Waals surface area contributed by atoms with Gasteiger partial charge in [-0.25, -0.2) is 5.01 Å². The maximum Gasteiger partial charge on any atom is 0.236 e. The van der Waals surface area contributed by atoms with Crippen LogP contribution in [0.2, 0.25) is 0 Å². The number of aliphatic hydroxyl groups excluding tert-OH is 1. The van der Waals surface area contributed by atoms with Crippen LogP contribution in [-0.4, -0.2) is 46.8 Å². The molecule has 1 unspecified atom stereocenters. The van der Waals surface area contributed by atoms with Crippen LogP contribution in [-0.2, 0) is 11.2 Å². The highest BCUT2D eigenvalue weighted by Crippen LogP contribution is 2.23. The van der Waals surface area contributed by atoms with Gasteiger partial charge in [0, 0.05) is 26.1 Å². The fraction of sp³-hybridized carbons (Fsp3) is 0.650. The van der Waals surface area contributed by atoms with E-state index >= 15 is 0 Å². The summed E-state index contributed by atoms with van der Waals surface area (Å²) in [6.07, 6.45) is 2.74. The predicted molar refractivity (Wildman–Crippen MR) is 97.5 cm³/mol. The number of benzene rings is 1. The summed E-state index contributed by atoms with van der Waals surface area (Å²) in [5.41, 5.74) is 2.39. The van der Waals surface area contributed by atoms with Gasteiger partial charge in [-0.15, -0.1) is 0 Å². The maximum atomic E-state index is 12.3. The van der Waals surface area contributed by atoms with Crippen LogP contribution in [0, 0.1) is 12.3 Å². The zero-order valence-electron chi connectivity index (χ0n) is 15.6. The lowest BCUT2D eigenvalue weighted by molar-refractivity contribution is -0.156. The molecule has 1 aliphatic rings. The van der Waals surface area contributed by atoms with E-state index < -0.39 is 0 Å². The molecule has 0 aromatic heterocycles. The average molecular weight is 332 g/mol. The van der Waals surface area contributed by atoms with Crippen LogP contribution in [0.25, 0.3) is 0 Å². The van der Waals surface area contributed by atoms with E-state index in [1.165, 1.54) is 11.1 Å². The van der Waals surface area contributed by atoms with Gasteiger partial charge in [-0.3, -0.25) is 9.80 Å². The van der Waals surface area contributed by atoms with Crippen molar-refractivity contribution < 1.29 is 9.90 Å². The van der Waals surface area contributed by atoms with Gasteiger partial charge in [0.2, 0.25) is 5.91 Å². The smallest absolute Gasteiger partial charge is 0.236 e. The van der Waals surface area contributed by atoms with Crippen LogP contribution in [0.5, 0.6) is 0 Å². The number of rotatable bonds is 6. The summed E-state index contributed by atoms with van der Waals surface area (Å²) >= 11 is 0. The molecule has 0 spiro atoms. The highest BCUT2D eigenvalue weighted by Gasteiger charge is 2.28. The van der Waals surface area contributed by atoms with Gasteiger partial charge in [0.15, 0.2) is 0 Å². The van der Waals surface area contributed by atoms with Crippen molar-refractivity contribution in [2.24, 2.45) is 5.41 Å². The molecule has 1 aliphatic heterocycles. The lowest BCUT2D eigenvalue weighted by Crippen LogP contribution is -2.52. The van der Waals surface area contributed by atoms with E-state index in [2.05, 4.69) is 36.2 Å². The molecule has 24 heavy (non-hydrogen) atoms. The highest BCUT2D eigenvalue weighted by molar-refractivity contribution is 5.76. The Morgan fingerprint density at radius 3 is 2.46 bits per heavy atom. The van der Waals surface area contributed by atoms with Crippen molar-refractivity contribution >= 4 is 5.91 Å². The SMILES string of the molecule is Cc1ccc(CCN2C(=O)CCCN2CCC(O)C(C)(C)C)cc1. The maximum absolute atomic E-state index is 12.3. The minimum Gasteiger partial charge on any atom is -0.393 e. The minimum atomic E-state index is -0.353. The molecular weight excluding hydrogens is 300 g/mol. The number of amides is 1. The van der Waals surface area contributed by atoms with Crippen LogP contribution in [0.4, 0.5) is 0 Å². The topological polar surface area (TPSA) is 43.8 Å². The summed E-state index contributed by atoms with van der Waals surface area (Å²) in [6, 6.07) is 8.50. The number of aliphatic hydroxyl groups is 1. The van der Waals surface area contributed by atoms with Crippen LogP contribution < -0.4 is 0 Å². The summed E-state index contributed by atoms with van der Waals surface area (Å²) in [5.74, 6) is 0.207. The number of hydrazine groups is 1. The second-order valence-corrected chi connectivity index (χ2v) is 7.98. The van der Waals surface area contributed by atoms with Gasteiger partial charge in [-0.2, -0.15) is 0 Å². The summed E-state index contributed by atoms with van der Waals surface area (Å²) in [5, 5.41) is 14.3. The molecular formula is C20H32N2O2. The summed E-state index contributed by atoms with van der Waals surface area (Å²) in [6.45, 7) is 10.6. The van der Waals surface area contributed by atoms with Crippen molar-refractivity contribution in [2.45, 2.75) is 59.5 Å². The Morgan fingerprint density at radius 1 is 1.17 bits per heavy atom. The summed E-state index contributed by atoms with van der Waals surface area (Å²) < 4.78 is 0. The molecule has 2 rings (SSSR count). The Hall–Kier alpha value is -1.39. The molecule has 0 saturated carbocycles. The Morgan fingerprint density at radius 2 is 1.83 bits per heavy atom. The van der Waals surface area contributed by atoms with E-state index in [9.17, 15) is 9.90 Å². The Kier molecular flexibility index (Phi) is 6.41. The first-order valence-electron chi connectivity index (χ1n) is 9.06. The Labute approximate surface area is 146 Å². The molecule has 1 atom stereocenters. The monoisotopic (exact) mass is 332 g/mol. The van der Waals surface area contributed by atoms with Crippen molar-refractivity contribution in [2.75, 3.05) is 19.6 Å². The highest BCUT2D eigenvalue weighted by atomic mass is 16.3. The zero-order chi connectivity index (χ0) is 17.7. The lowest BCUT2D eigenvalue weighted by atomic mass is 9.87. The molecule has 1 aromatic rings. The normalized spacial score (nSPS) is 18.0. The molecule has 1 fully saturated rings. The van der Waals surface area contributed by atoms with Gasteiger partial charge in [0.25, 0.3) is 0 Å². The largest absolute Gasteiger partial charge is 0.393 e. The van der Waals surface area contributed by atoms with Gasteiger partial charge in [-0.1, -0.05) is 50.6 Å². The van der Waals surface area contributed by atoms with E-state index in [1.807, 2.05) is 25.8 Å². The second-order valence-electron chi connectivity index (χ2n) is 7.98. The molecule has 1 amide bonds. The third-order valence-electron chi connectivity index (χ3n) is 4.83. The van der Waals surface area contributed by atoms with Crippen LogP contribution >= 0.6 is 0 Å². The standard InChI is InChI=1S/C20H32N2O2/c1-16-7-9-17(10-8-16)11-15-22-19(24)6-5-13-21(22)14-12-18(23)20(2,3)4/h7-10,18,23H,5-6,11-15H2,1-4H3. The minimum absolute atomic E-state index is 0.119. The number of carbonyl (C=O) groups excluding carboxylic acids is 1. The second kappa shape index (κ2) is 8.13. The molecule has 4 heteroatoms.